The molecule has 0 radical (unpaired) electrons. The highest BCUT2D eigenvalue weighted by Gasteiger charge is 2.25. The largest absolute Gasteiger partial charge is 0.505 e. The molecule has 0 saturated carbocycles. The molecule has 2 aromatic heterocycles. The number of nitrogens with zero attached hydrogens (tertiary/aromatic N) is 1. The van der Waals surface area contributed by atoms with Gasteiger partial charge in [-0.3, -0.25) is 9.59 Å². The summed E-state index contributed by atoms with van der Waals surface area (Å²) in [4.78, 5) is 30.9. The average molecular weight is 484 g/mol. The average Bonchev–Trinajstić information content (AvgIpc) is 3.11. The summed E-state index contributed by atoms with van der Waals surface area (Å²) < 4.78 is 13.8. The molecule has 9 heteroatoms. The van der Waals surface area contributed by atoms with Gasteiger partial charge in [-0.1, -0.05) is 30.3 Å². The number of aromatic amines is 1. The number of fused-ring (bicyclic) bond motifs is 1. The van der Waals surface area contributed by atoms with Gasteiger partial charge in [0.05, 0.1) is 26.8 Å². The van der Waals surface area contributed by atoms with Crippen molar-refractivity contribution in [2.75, 3.05) is 6.54 Å². The number of benzene rings is 2. The molecule has 2 heterocycles. The first kappa shape index (κ1) is 20.5. The Balaban J connectivity index is 1.98. The minimum absolute atomic E-state index is 0.300. The van der Waals surface area contributed by atoms with Gasteiger partial charge in [-0.05, 0) is 45.8 Å². The van der Waals surface area contributed by atoms with Gasteiger partial charge in [0.1, 0.15) is 12.4 Å². The van der Waals surface area contributed by atoms with Gasteiger partial charge in [-0.25, -0.2) is 9.37 Å². The van der Waals surface area contributed by atoms with Crippen LogP contribution in [0.25, 0.3) is 33.4 Å². The van der Waals surface area contributed by atoms with Gasteiger partial charge < -0.3 is 20.5 Å². The number of aliphatic carboxylic acids is 1. The Morgan fingerprint density at radius 3 is 2.39 bits per heavy atom. The van der Waals surface area contributed by atoms with Crippen molar-refractivity contribution in [3.63, 3.8) is 0 Å². The maximum absolute atomic E-state index is 13.4. The Bertz CT molecular complexity index is 1300. The zero-order valence-electron chi connectivity index (χ0n) is 15.8. The Kier molecular flexibility index (Phi) is 5.43. The molecule has 156 valence electrons. The third-order valence-electron chi connectivity index (χ3n) is 4.66. The Morgan fingerprint density at radius 2 is 1.74 bits per heavy atom. The summed E-state index contributed by atoms with van der Waals surface area (Å²) in [6, 6.07) is 14.8. The van der Waals surface area contributed by atoms with E-state index in [2.05, 4.69) is 31.2 Å². The van der Waals surface area contributed by atoms with Gasteiger partial charge in [-0.2, -0.15) is 0 Å². The molecule has 0 saturated heterocycles. The third kappa shape index (κ3) is 3.87. The van der Waals surface area contributed by atoms with Crippen LogP contribution in [-0.2, 0) is 4.79 Å². The Labute approximate surface area is 183 Å². The zero-order valence-corrected chi connectivity index (χ0v) is 17.4. The van der Waals surface area contributed by atoms with Gasteiger partial charge in [0.15, 0.2) is 11.4 Å². The van der Waals surface area contributed by atoms with E-state index in [1.165, 1.54) is 12.1 Å². The fraction of sp³-hybridized carbons (Fsp3) is 0.0455. The number of hydrogen-bond acceptors (Lipinski definition) is 4. The van der Waals surface area contributed by atoms with Crippen LogP contribution in [0.2, 0.25) is 0 Å². The fourth-order valence-corrected chi connectivity index (χ4v) is 3.95. The number of carbonyl (C=O) groups excluding carboxylic acids is 1. The number of amides is 1. The van der Waals surface area contributed by atoms with Gasteiger partial charge in [0, 0.05) is 5.56 Å². The lowest BCUT2D eigenvalue weighted by Gasteiger charge is -2.10. The quantitative estimate of drug-likeness (QED) is 0.337. The number of hydrogen-bond donors (Lipinski definition) is 4. The smallest absolute Gasteiger partial charge is 0.322 e. The number of rotatable bonds is 5. The summed E-state index contributed by atoms with van der Waals surface area (Å²) in [5.74, 6) is -2.84. The molecule has 0 aliphatic rings. The lowest BCUT2D eigenvalue weighted by molar-refractivity contribution is -0.135. The van der Waals surface area contributed by atoms with Crippen LogP contribution in [0.15, 0.2) is 59.1 Å². The molecule has 0 fully saturated rings. The lowest BCUT2D eigenvalue weighted by Crippen LogP contribution is -2.30. The van der Waals surface area contributed by atoms with E-state index in [4.69, 9.17) is 5.11 Å². The molecule has 4 aromatic rings. The molecule has 4 rings (SSSR count). The number of aromatic nitrogens is 2. The van der Waals surface area contributed by atoms with Crippen LogP contribution < -0.4 is 5.32 Å². The third-order valence-corrected chi connectivity index (χ3v) is 5.45. The van der Waals surface area contributed by atoms with Crippen LogP contribution in [0.4, 0.5) is 4.39 Å². The van der Waals surface area contributed by atoms with Gasteiger partial charge in [0.2, 0.25) is 0 Å². The Hall–Kier alpha value is -3.72. The molecule has 4 N–H and O–H groups in total. The van der Waals surface area contributed by atoms with E-state index in [1.54, 1.807) is 36.4 Å². The van der Waals surface area contributed by atoms with Crippen molar-refractivity contribution in [1.82, 2.24) is 15.3 Å². The molecule has 0 atom stereocenters. The first-order chi connectivity index (χ1) is 14.9. The minimum atomic E-state index is -1.22. The predicted molar refractivity (Wildman–Crippen MR) is 116 cm³/mol. The second-order valence-electron chi connectivity index (χ2n) is 6.67. The number of carbonyl (C=O) groups is 2. The van der Waals surface area contributed by atoms with Crippen molar-refractivity contribution < 1.29 is 24.2 Å². The molecule has 0 unspecified atom stereocenters. The van der Waals surface area contributed by atoms with Gasteiger partial charge >= 0.3 is 5.97 Å². The number of nitrogens with one attached hydrogen (secondary N) is 2. The van der Waals surface area contributed by atoms with Gasteiger partial charge in [0.25, 0.3) is 5.91 Å². The van der Waals surface area contributed by atoms with Crippen molar-refractivity contribution in [3.8, 4) is 28.3 Å². The summed E-state index contributed by atoms with van der Waals surface area (Å²) >= 11 is 3.47. The van der Waals surface area contributed by atoms with E-state index in [0.717, 1.165) is 0 Å². The minimum Gasteiger partial charge on any atom is -0.505 e. The maximum atomic E-state index is 13.4. The van der Waals surface area contributed by atoms with Crippen LogP contribution >= 0.6 is 15.9 Å². The topological polar surface area (TPSA) is 115 Å². The van der Waals surface area contributed by atoms with E-state index in [9.17, 15) is 19.1 Å². The summed E-state index contributed by atoms with van der Waals surface area (Å²) in [7, 11) is 0. The molecular weight excluding hydrogens is 469 g/mol. The van der Waals surface area contributed by atoms with Crippen LogP contribution in [0.3, 0.4) is 0 Å². The van der Waals surface area contributed by atoms with Crippen molar-refractivity contribution in [3.05, 3.63) is 70.6 Å². The summed E-state index contributed by atoms with van der Waals surface area (Å²) in [5.41, 5.74) is 2.44. The lowest BCUT2D eigenvalue weighted by atomic mass is 10.1. The van der Waals surface area contributed by atoms with Crippen molar-refractivity contribution in [1.29, 1.82) is 0 Å². The summed E-state index contributed by atoms with van der Waals surface area (Å²) in [6.07, 6.45) is 0. The highest BCUT2D eigenvalue weighted by atomic mass is 79.9. The second-order valence-corrected chi connectivity index (χ2v) is 7.46. The van der Waals surface area contributed by atoms with Crippen molar-refractivity contribution in [2.45, 2.75) is 0 Å². The predicted octanol–water partition coefficient (Wildman–Crippen LogP) is 4.32. The van der Waals surface area contributed by atoms with Crippen molar-refractivity contribution >= 4 is 38.7 Å². The standard InChI is InChI=1S/C22H15BrFN3O4/c23-16-15-19(26-17(16)12-6-8-13(24)9-7-12)18(11-4-2-1-3-5-11)27-20(21(15)30)22(31)25-10-14(28)29/h1-9,26,30H,10H2,(H,25,31)(H,28,29). The fourth-order valence-electron chi connectivity index (χ4n) is 3.23. The normalized spacial score (nSPS) is 10.9. The zero-order chi connectivity index (χ0) is 22.1. The molecule has 0 aliphatic heterocycles. The Morgan fingerprint density at radius 1 is 1.06 bits per heavy atom. The number of H-pyrrole nitrogens is 1. The number of aromatic hydroxyl groups is 1. The second kappa shape index (κ2) is 8.19. The van der Waals surface area contributed by atoms with Crippen LogP contribution in [0.1, 0.15) is 10.5 Å². The first-order valence-corrected chi connectivity index (χ1v) is 9.91. The number of pyridine rings is 1. The van der Waals surface area contributed by atoms with E-state index in [-0.39, 0.29) is 11.5 Å². The molecular formula is C22H15BrFN3O4. The number of carboxylic acid groups (broad SMARTS) is 1. The van der Waals surface area contributed by atoms with Crippen LogP contribution in [0, 0.1) is 5.82 Å². The van der Waals surface area contributed by atoms with Crippen LogP contribution in [-0.4, -0.2) is 38.6 Å². The number of carboxylic acids is 1. The molecule has 0 spiro atoms. The monoisotopic (exact) mass is 483 g/mol. The molecule has 7 nitrogen and oxygen atoms in total. The van der Waals surface area contributed by atoms with E-state index in [1.807, 2.05) is 6.07 Å². The molecule has 0 aliphatic carbocycles. The van der Waals surface area contributed by atoms with E-state index < -0.39 is 24.2 Å². The number of halogens is 2. The summed E-state index contributed by atoms with van der Waals surface area (Å²) in [5, 5.41) is 22.2. The van der Waals surface area contributed by atoms with E-state index >= 15 is 0 Å². The SMILES string of the molecule is O=C(O)CNC(=O)c1nc(-c2ccccc2)c2[nH]c(-c3ccc(F)cc3)c(Br)c2c1O. The van der Waals surface area contributed by atoms with E-state index in [0.29, 0.717) is 37.9 Å². The van der Waals surface area contributed by atoms with Crippen LogP contribution in [0.5, 0.6) is 5.75 Å². The molecule has 31 heavy (non-hydrogen) atoms. The highest BCUT2D eigenvalue weighted by molar-refractivity contribution is 9.10. The van der Waals surface area contributed by atoms with Gasteiger partial charge in [-0.15, -0.1) is 0 Å². The van der Waals surface area contributed by atoms with Crippen molar-refractivity contribution in [2.24, 2.45) is 0 Å². The first-order valence-electron chi connectivity index (χ1n) is 9.12. The molecule has 0 bridgehead atoms. The molecule has 1 amide bonds. The highest BCUT2D eigenvalue weighted by Crippen LogP contribution is 2.43. The summed E-state index contributed by atoms with van der Waals surface area (Å²) in [6.45, 7) is -0.617. The molecule has 2 aromatic carbocycles. The maximum Gasteiger partial charge on any atom is 0.322 e.